The van der Waals surface area contributed by atoms with Crippen molar-refractivity contribution < 1.29 is 99.3 Å². The molecule has 0 saturated carbocycles. The van der Waals surface area contributed by atoms with Gasteiger partial charge in [0.1, 0.15) is 24.2 Å². The molecule has 4 heterocycles. The number of fused-ring (bicyclic) bond motifs is 2. The van der Waals surface area contributed by atoms with Crippen molar-refractivity contribution in [3.63, 3.8) is 0 Å². The Balaban J connectivity index is 1.55. The molecule has 0 radical (unpaired) electrons. The second kappa shape index (κ2) is 30.6. The molecular formula is C53H85NO20. The molecule has 74 heavy (non-hydrogen) atoms. The van der Waals surface area contributed by atoms with Gasteiger partial charge in [-0.25, -0.2) is 0 Å². The molecule has 422 valence electrons. The van der Waals surface area contributed by atoms with Crippen molar-refractivity contribution in [3.8, 4) is 0 Å². The number of carboxylic acids is 1. The van der Waals surface area contributed by atoms with Crippen LogP contribution in [0.25, 0.3) is 0 Å². The highest BCUT2D eigenvalue weighted by Gasteiger charge is 2.51. The minimum absolute atomic E-state index is 0.0208. The summed E-state index contributed by atoms with van der Waals surface area (Å²) >= 11 is 0. The summed E-state index contributed by atoms with van der Waals surface area (Å²) in [5.41, 5.74) is 6.04. The highest BCUT2D eigenvalue weighted by molar-refractivity contribution is 5.71. The number of cyclic esters (lactones) is 1. The second-order valence-electron chi connectivity index (χ2n) is 20.5. The van der Waals surface area contributed by atoms with E-state index in [2.05, 4.69) is 0 Å². The van der Waals surface area contributed by atoms with Crippen LogP contribution in [0.4, 0.5) is 0 Å². The Morgan fingerprint density at radius 1 is 0.635 bits per heavy atom. The highest BCUT2D eigenvalue weighted by Crippen LogP contribution is 2.38. The van der Waals surface area contributed by atoms with E-state index in [0.717, 1.165) is 12.8 Å². The molecule has 2 bridgehead atoms. The van der Waals surface area contributed by atoms with E-state index in [9.17, 15) is 70.9 Å². The average Bonchev–Trinajstić information content (AvgIpc) is 3.31. The summed E-state index contributed by atoms with van der Waals surface area (Å²) in [6, 6.07) is -1.16. The Morgan fingerprint density at radius 2 is 1.23 bits per heavy atom. The SMILES string of the molecule is C[C@@H]1[C@H](O[C@@H]2C[C@@H](O)[C@@H](O)[C@H](C)O2)[C@@H](C)/C=C\C=C/CC\C=C/C=C\C=C/C=C\[C@H](O[C@@H]2O[C@H](C)[C@@H](O)[C@H](N)[C@@H]2O)C[C@@H]2O[C@](O)(C[C@@H](O)[C@H](O)CC[C@@H](O)C[C@@H](O)C[C@@H](O)CC(=O)O[C@H]1C)C[C@H](O)[C@H]2C(=O)O. The standard InChI is InChI=1S/C53H85NO20/c1-29-18-16-14-12-10-8-6-7-9-11-13-15-17-19-37(72-52-49(65)46(54)48(64)33(5)71-52)25-42-45(51(66)67)41(61)28-53(68,74-42)27-40(60)38(58)21-20-34(55)22-35(56)23-36(57)24-43(62)69-31(3)30(2)50(29)73-44-26-39(59)47(63)32(4)70-44/h6-7,9,11-19,29-42,44-50,52,55-61,63-65,68H,8,10,20-28,54H2,1-5H3,(H,66,67)/b7-6-,11-9-,14-12-,15-13-,18-16-,19-17-/t29-,30-,31-,32-,33+,34+,35+,36+,37-,38+,39+,40+,41-,42-,44+,45+,46-,47-,48+,49-,50+,52-,53+/m0/s1. The lowest BCUT2D eigenvalue weighted by molar-refractivity contribution is -0.310. The zero-order chi connectivity index (χ0) is 54.9. The van der Waals surface area contributed by atoms with Crippen LogP contribution in [0.2, 0.25) is 0 Å². The van der Waals surface area contributed by atoms with Gasteiger partial charge in [0.05, 0.1) is 91.8 Å². The van der Waals surface area contributed by atoms with Crippen LogP contribution in [-0.4, -0.2) is 195 Å². The smallest absolute Gasteiger partial charge is 0.311 e. The van der Waals surface area contributed by atoms with Crippen LogP contribution in [0.15, 0.2) is 72.9 Å². The Labute approximate surface area is 433 Å². The maximum atomic E-state index is 13.1. The molecule has 4 aliphatic heterocycles. The fraction of sp³-hybridized carbons (Fsp3) is 0.736. The molecule has 23 atom stereocenters. The molecule has 4 rings (SSSR count). The first-order valence-corrected chi connectivity index (χ1v) is 25.9. The van der Waals surface area contributed by atoms with Gasteiger partial charge in [-0.3, -0.25) is 9.59 Å². The number of hydrogen-bond donors (Lipinski definition) is 13. The molecule has 0 aromatic carbocycles. The number of aliphatic hydroxyl groups excluding tert-OH is 10. The molecule has 0 aliphatic carbocycles. The summed E-state index contributed by atoms with van der Waals surface area (Å²) in [7, 11) is 0. The Morgan fingerprint density at radius 3 is 1.89 bits per heavy atom. The molecule has 0 aromatic heterocycles. The van der Waals surface area contributed by atoms with Crippen molar-refractivity contribution in [3.05, 3.63) is 72.9 Å². The van der Waals surface area contributed by atoms with Crippen LogP contribution < -0.4 is 5.73 Å². The third-order valence-corrected chi connectivity index (χ3v) is 14.2. The minimum Gasteiger partial charge on any atom is -0.481 e. The zero-order valence-corrected chi connectivity index (χ0v) is 43.1. The largest absolute Gasteiger partial charge is 0.481 e. The summed E-state index contributed by atoms with van der Waals surface area (Å²) in [6.45, 7) is 8.61. The van der Waals surface area contributed by atoms with Crippen molar-refractivity contribution in [2.75, 3.05) is 0 Å². The average molecular weight is 1060 g/mol. The summed E-state index contributed by atoms with van der Waals surface area (Å²) in [4.78, 5) is 25.6. The summed E-state index contributed by atoms with van der Waals surface area (Å²) in [5, 5.41) is 129. The Bertz CT molecular complexity index is 1870. The van der Waals surface area contributed by atoms with Gasteiger partial charge in [-0.05, 0) is 59.3 Å². The lowest BCUT2D eigenvalue weighted by Crippen LogP contribution is -2.61. The van der Waals surface area contributed by atoms with E-state index in [0.29, 0.717) is 0 Å². The highest BCUT2D eigenvalue weighted by atomic mass is 16.7. The zero-order valence-electron chi connectivity index (χ0n) is 43.1. The third kappa shape index (κ3) is 19.9. The van der Waals surface area contributed by atoms with Gasteiger partial charge >= 0.3 is 11.9 Å². The fourth-order valence-corrected chi connectivity index (χ4v) is 9.63. The number of allylic oxidation sites excluding steroid dienone is 10. The minimum atomic E-state index is -2.37. The number of esters is 1. The lowest BCUT2D eigenvalue weighted by atomic mass is 9.82. The van der Waals surface area contributed by atoms with Crippen LogP contribution in [0, 0.1) is 17.8 Å². The summed E-state index contributed by atoms with van der Waals surface area (Å²) in [6.07, 6.45) is -1.63. The molecule has 3 fully saturated rings. The molecule has 0 spiro atoms. The molecule has 14 N–H and O–H groups in total. The predicted octanol–water partition coefficient (Wildman–Crippen LogP) is 0.817. The van der Waals surface area contributed by atoms with Gasteiger partial charge in [-0.15, -0.1) is 0 Å². The first kappa shape index (κ1) is 63.2. The van der Waals surface area contributed by atoms with Gasteiger partial charge in [-0.2, -0.15) is 0 Å². The Hall–Kier alpha value is -3.30. The van der Waals surface area contributed by atoms with Crippen LogP contribution in [0.5, 0.6) is 0 Å². The van der Waals surface area contributed by atoms with Gasteiger partial charge in [0.2, 0.25) is 0 Å². The molecule has 21 nitrogen and oxygen atoms in total. The van der Waals surface area contributed by atoms with Gasteiger partial charge in [0, 0.05) is 37.5 Å². The third-order valence-electron chi connectivity index (χ3n) is 14.2. The molecule has 0 amide bonds. The molecule has 0 unspecified atom stereocenters. The monoisotopic (exact) mass is 1060 g/mol. The van der Waals surface area contributed by atoms with Crippen molar-refractivity contribution in [1.29, 1.82) is 0 Å². The number of aliphatic carboxylic acids is 1. The molecule has 21 heteroatoms. The number of aliphatic hydroxyl groups is 11. The topological polar surface area (TPSA) is 358 Å². The number of hydrogen-bond acceptors (Lipinski definition) is 20. The van der Waals surface area contributed by atoms with E-state index in [1.165, 1.54) is 13.0 Å². The van der Waals surface area contributed by atoms with E-state index in [4.69, 9.17) is 34.2 Å². The van der Waals surface area contributed by atoms with Crippen molar-refractivity contribution >= 4 is 11.9 Å². The molecule has 4 aliphatic rings. The number of carbonyl (C=O) groups excluding carboxylic acids is 1. The summed E-state index contributed by atoms with van der Waals surface area (Å²) < 4.78 is 35.8. The number of carboxylic acid groups (broad SMARTS) is 1. The Kier molecular flexibility index (Phi) is 26.1. The van der Waals surface area contributed by atoms with E-state index in [1.807, 2.05) is 56.4 Å². The molecular weight excluding hydrogens is 971 g/mol. The van der Waals surface area contributed by atoms with Gasteiger partial charge < -0.3 is 95.4 Å². The maximum absolute atomic E-state index is 13.1. The van der Waals surface area contributed by atoms with Crippen LogP contribution in [0.1, 0.15) is 105 Å². The van der Waals surface area contributed by atoms with E-state index in [-0.39, 0.29) is 44.4 Å². The van der Waals surface area contributed by atoms with Crippen LogP contribution in [-0.2, 0) is 38.0 Å². The number of rotatable bonds is 5. The normalized spacial score (nSPS) is 46.5. The maximum Gasteiger partial charge on any atom is 0.311 e. The van der Waals surface area contributed by atoms with Crippen molar-refractivity contribution in [2.24, 2.45) is 23.5 Å². The molecule has 3 saturated heterocycles. The first-order chi connectivity index (χ1) is 34.9. The number of nitrogens with two attached hydrogens (primary N) is 1. The first-order valence-electron chi connectivity index (χ1n) is 25.9. The molecule has 0 aromatic rings. The van der Waals surface area contributed by atoms with Crippen LogP contribution >= 0.6 is 0 Å². The van der Waals surface area contributed by atoms with E-state index in [1.54, 1.807) is 38.2 Å². The van der Waals surface area contributed by atoms with Crippen molar-refractivity contribution in [1.82, 2.24) is 0 Å². The van der Waals surface area contributed by atoms with Crippen LogP contribution in [0.3, 0.4) is 0 Å². The summed E-state index contributed by atoms with van der Waals surface area (Å²) in [5.74, 6) is -6.88. The van der Waals surface area contributed by atoms with Gasteiger partial charge in [-0.1, -0.05) is 86.8 Å². The van der Waals surface area contributed by atoms with E-state index >= 15 is 0 Å². The predicted molar refractivity (Wildman–Crippen MR) is 267 cm³/mol. The van der Waals surface area contributed by atoms with Crippen molar-refractivity contribution in [2.45, 2.75) is 227 Å². The van der Waals surface area contributed by atoms with Gasteiger partial charge in [0.15, 0.2) is 18.4 Å². The number of ether oxygens (including phenoxy) is 6. The van der Waals surface area contributed by atoms with E-state index < -0.39 is 165 Å². The second-order valence-corrected chi connectivity index (χ2v) is 20.5. The lowest BCUT2D eigenvalue weighted by Gasteiger charge is -2.45. The quantitative estimate of drug-likeness (QED) is 0.170. The van der Waals surface area contributed by atoms with Gasteiger partial charge in [0.25, 0.3) is 0 Å². The fourth-order valence-electron chi connectivity index (χ4n) is 9.63. The number of carbonyl (C=O) groups is 2.